The van der Waals surface area contributed by atoms with Crippen molar-refractivity contribution in [3.8, 4) is 0 Å². The lowest BCUT2D eigenvalue weighted by molar-refractivity contribution is -0.140. The second kappa shape index (κ2) is 6.01. The summed E-state index contributed by atoms with van der Waals surface area (Å²) in [5.41, 5.74) is -1.27. The van der Waals surface area contributed by atoms with E-state index >= 15 is 0 Å². The molecule has 0 aliphatic heterocycles. The number of anilines is 1. The molecule has 1 amide bonds. The van der Waals surface area contributed by atoms with Gasteiger partial charge in [-0.2, -0.15) is 26.3 Å². The van der Waals surface area contributed by atoms with Gasteiger partial charge in [0.05, 0.1) is 5.56 Å². The zero-order valence-corrected chi connectivity index (χ0v) is 13.1. The largest absolute Gasteiger partial charge is 0.434 e. The third-order valence-electron chi connectivity index (χ3n) is 3.82. The van der Waals surface area contributed by atoms with Crippen LogP contribution in [0, 0.1) is 5.92 Å². The molecule has 1 saturated carbocycles. The third kappa shape index (κ3) is 3.94. The molecule has 1 aromatic heterocycles. The van der Waals surface area contributed by atoms with Gasteiger partial charge in [-0.1, -0.05) is 12.1 Å². The maximum Gasteiger partial charge on any atom is 0.434 e. The normalized spacial score (nSPS) is 20.4. The summed E-state index contributed by atoms with van der Waals surface area (Å²) in [7, 11) is 0. The molecule has 10 heteroatoms. The van der Waals surface area contributed by atoms with Gasteiger partial charge in [-0.15, -0.1) is 11.3 Å². The van der Waals surface area contributed by atoms with Gasteiger partial charge in [-0.25, -0.2) is 4.98 Å². The van der Waals surface area contributed by atoms with Gasteiger partial charge < -0.3 is 5.32 Å². The Hall–Kier alpha value is -2.10. The Bertz CT molecular complexity index is 781. The predicted molar refractivity (Wildman–Crippen MR) is 78.0 cm³/mol. The van der Waals surface area contributed by atoms with Crippen LogP contribution in [0.15, 0.2) is 29.6 Å². The summed E-state index contributed by atoms with van der Waals surface area (Å²) >= 11 is 0.664. The first-order valence-corrected chi connectivity index (χ1v) is 7.94. The van der Waals surface area contributed by atoms with Crippen molar-refractivity contribution in [3.63, 3.8) is 0 Å². The lowest BCUT2D eigenvalue weighted by Crippen LogP contribution is -2.15. The number of carbonyl (C=O) groups excluding carboxylic acids is 1. The zero-order chi connectivity index (χ0) is 18.4. The average molecular weight is 380 g/mol. The van der Waals surface area contributed by atoms with Crippen molar-refractivity contribution in [1.82, 2.24) is 4.98 Å². The molecular formula is C15H10F6N2OS. The number of nitrogens with one attached hydrogen (secondary N) is 1. The quantitative estimate of drug-likeness (QED) is 0.768. The minimum atomic E-state index is -4.58. The van der Waals surface area contributed by atoms with Crippen molar-refractivity contribution >= 4 is 22.4 Å². The number of amides is 1. The molecule has 3 rings (SSSR count). The number of thiazole rings is 1. The Morgan fingerprint density at radius 1 is 1.08 bits per heavy atom. The van der Waals surface area contributed by atoms with E-state index in [-0.39, 0.29) is 11.0 Å². The van der Waals surface area contributed by atoms with E-state index in [0.29, 0.717) is 23.3 Å². The van der Waals surface area contributed by atoms with Gasteiger partial charge in [0.15, 0.2) is 10.8 Å². The summed E-state index contributed by atoms with van der Waals surface area (Å²) in [6.07, 6.45) is -8.59. The molecule has 2 atom stereocenters. The van der Waals surface area contributed by atoms with Crippen molar-refractivity contribution in [2.24, 2.45) is 5.92 Å². The van der Waals surface area contributed by atoms with Crippen LogP contribution in [0.3, 0.4) is 0 Å². The molecule has 0 radical (unpaired) electrons. The molecule has 2 aromatic rings. The lowest BCUT2D eigenvalue weighted by Gasteiger charge is -2.07. The molecule has 0 saturated heterocycles. The first-order valence-electron chi connectivity index (χ1n) is 7.06. The summed E-state index contributed by atoms with van der Waals surface area (Å²) in [5.74, 6) is -1.23. The highest BCUT2D eigenvalue weighted by atomic mass is 32.1. The minimum absolute atomic E-state index is 0.157. The van der Waals surface area contributed by atoms with Crippen molar-refractivity contribution < 1.29 is 31.1 Å². The number of benzene rings is 1. The summed E-state index contributed by atoms with van der Waals surface area (Å²) < 4.78 is 74.9. The number of nitrogens with zero attached hydrogens (tertiary/aromatic N) is 1. The van der Waals surface area contributed by atoms with Gasteiger partial charge in [0, 0.05) is 11.3 Å². The van der Waals surface area contributed by atoms with Crippen molar-refractivity contribution in [2.75, 3.05) is 5.32 Å². The first-order chi connectivity index (χ1) is 11.6. The summed E-state index contributed by atoms with van der Waals surface area (Å²) in [4.78, 5) is 15.3. The van der Waals surface area contributed by atoms with Gasteiger partial charge in [0.2, 0.25) is 5.91 Å². The lowest BCUT2D eigenvalue weighted by atomic mass is 10.1. The summed E-state index contributed by atoms with van der Waals surface area (Å²) in [6, 6.07) is 4.51. The van der Waals surface area contributed by atoms with Crippen LogP contribution >= 0.6 is 11.3 Å². The molecule has 1 heterocycles. The predicted octanol–water partition coefficient (Wildman–Crippen LogP) is 4.92. The van der Waals surface area contributed by atoms with Crippen LogP contribution in [0.1, 0.15) is 29.2 Å². The van der Waals surface area contributed by atoms with Gasteiger partial charge in [0.25, 0.3) is 0 Å². The van der Waals surface area contributed by atoms with Gasteiger partial charge in [-0.3, -0.25) is 4.79 Å². The number of aromatic nitrogens is 1. The van der Waals surface area contributed by atoms with E-state index in [4.69, 9.17) is 0 Å². The average Bonchev–Trinajstić information content (AvgIpc) is 3.17. The Morgan fingerprint density at radius 3 is 2.24 bits per heavy atom. The minimum Gasteiger partial charge on any atom is -0.302 e. The number of hydrogen-bond acceptors (Lipinski definition) is 3. The fraction of sp³-hybridized carbons (Fsp3) is 0.333. The SMILES string of the molecule is O=C(Nc1nc(C(F)(F)F)cs1)C1CC1c1ccc(C(F)(F)F)cc1. The van der Waals surface area contributed by atoms with Crippen molar-refractivity contribution in [1.29, 1.82) is 0 Å². The molecule has 1 fully saturated rings. The standard InChI is InChI=1S/C15H10F6N2OS/c16-14(17,18)8-3-1-7(2-4-8)9-5-10(9)12(24)23-13-22-11(6-25-13)15(19,20)21/h1-4,6,9-10H,5H2,(H,22,23,24). The van der Waals surface area contributed by atoms with Crippen LogP contribution in [0.2, 0.25) is 0 Å². The maximum atomic E-state index is 12.5. The molecule has 2 unspecified atom stereocenters. The number of alkyl halides is 6. The zero-order valence-electron chi connectivity index (χ0n) is 12.3. The molecule has 3 nitrogen and oxygen atoms in total. The molecule has 0 bridgehead atoms. The van der Waals surface area contributed by atoms with E-state index in [1.54, 1.807) is 0 Å². The third-order valence-corrected chi connectivity index (χ3v) is 4.58. The number of rotatable bonds is 3. The molecule has 1 aliphatic rings. The molecule has 0 spiro atoms. The van der Waals surface area contributed by atoms with Gasteiger partial charge in [-0.05, 0) is 30.0 Å². The topological polar surface area (TPSA) is 42.0 Å². The highest BCUT2D eigenvalue weighted by molar-refractivity contribution is 7.13. The van der Waals surface area contributed by atoms with E-state index in [9.17, 15) is 31.1 Å². The Balaban J connectivity index is 1.61. The van der Waals surface area contributed by atoms with Gasteiger partial charge >= 0.3 is 12.4 Å². The Kier molecular flexibility index (Phi) is 4.26. The van der Waals surface area contributed by atoms with Crippen molar-refractivity contribution in [2.45, 2.75) is 24.7 Å². The fourth-order valence-corrected chi connectivity index (χ4v) is 3.15. The maximum absolute atomic E-state index is 12.5. The summed E-state index contributed by atoms with van der Waals surface area (Å²) in [5, 5.41) is 2.96. The van der Waals surface area contributed by atoms with Crippen LogP contribution in [0.25, 0.3) is 0 Å². The molecule has 1 N–H and O–H groups in total. The van der Waals surface area contributed by atoms with Crippen LogP contribution < -0.4 is 5.32 Å². The van der Waals surface area contributed by atoms with E-state index in [2.05, 4.69) is 10.3 Å². The van der Waals surface area contributed by atoms with E-state index in [1.807, 2.05) is 0 Å². The van der Waals surface area contributed by atoms with Crippen molar-refractivity contribution in [3.05, 3.63) is 46.5 Å². The Labute approximate surface area is 141 Å². The summed E-state index contributed by atoms with van der Waals surface area (Å²) in [6.45, 7) is 0. The second-order valence-corrected chi connectivity index (χ2v) is 6.45. The fourth-order valence-electron chi connectivity index (χ4n) is 2.43. The van der Waals surface area contributed by atoms with E-state index in [1.165, 1.54) is 12.1 Å². The van der Waals surface area contributed by atoms with Gasteiger partial charge in [0.1, 0.15) is 0 Å². The molecule has 1 aromatic carbocycles. The van der Waals surface area contributed by atoms with Crippen LogP contribution in [-0.4, -0.2) is 10.9 Å². The number of halogens is 6. The second-order valence-electron chi connectivity index (χ2n) is 5.59. The molecule has 25 heavy (non-hydrogen) atoms. The molecular weight excluding hydrogens is 370 g/mol. The van der Waals surface area contributed by atoms with E-state index < -0.39 is 35.4 Å². The Morgan fingerprint density at radius 2 is 1.72 bits per heavy atom. The van der Waals surface area contributed by atoms with E-state index in [0.717, 1.165) is 17.5 Å². The molecule has 1 aliphatic carbocycles. The monoisotopic (exact) mass is 380 g/mol. The first kappa shape index (κ1) is 17.7. The highest BCUT2D eigenvalue weighted by Crippen LogP contribution is 2.48. The number of carbonyl (C=O) groups is 1. The molecule has 134 valence electrons. The highest BCUT2D eigenvalue weighted by Gasteiger charge is 2.44. The number of hydrogen-bond donors (Lipinski definition) is 1. The smallest absolute Gasteiger partial charge is 0.302 e. The van der Waals surface area contributed by atoms with Crippen LogP contribution in [0.5, 0.6) is 0 Å². The van der Waals surface area contributed by atoms with Crippen LogP contribution in [0.4, 0.5) is 31.5 Å². The van der Waals surface area contributed by atoms with Crippen LogP contribution in [-0.2, 0) is 17.1 Å².